The Hall–Kier alpha value is -1.32. The van der Waals surface area contributed by atoms with Gasteiger partial charge >= 0.3 is 5.97 Å². The predicted molar refractivity (Wildman–Crippen MR) is 58.5 cm³/mol. The van der Waals surface area contributed by atoms with E-state index in [1.54, 1.807) is 4.90 Å². The molecule has 0 aromatic carbocycles. The number of amides is 1. The molecule has 0 fully saturated rings. The van der Waals surface area contributed by atoms with Crippen LogP contribution in [0.15, 0.2) is 12.2 Å². The molecule has 4 heteroatoms. The van der Waals surface area contributed by atoms with E-state index in [4.69, 9.17) is 5.11 Å². The van der Waals surface area contributed by atoms with E-state index < -0.39 is 5.97 Å². The molecule has 15 heavy (non-hydrogen) atoms. The van der Waals surface area contributed by atoms with E-state index in [-0.39, 0.29) is 5.91 Å². The summed E-state index contributed by atoms with van der Waals surface area (Å²) in [4.78, 5) is 23.4. The normalized spacial score (nSPS) is 12.7. The van der Waals surface area contributed by atoms with Crippen molar-refractivity contribution in [3.8, 4) is 0 Å². The first-order chi connectivity index (χ1) is 7.01. The summed E-state index contributed by atoms with van der Waals surface area (Å²) in [5, 5.41) is 8.39. The molecule has 0 bridgehead atoms. The smallest absolute Gasteiger partial charge is 0.328 e. The van der Waals surface area contributed by atoms with Gasteiger partial charge in [-0.25, -0.2) is 4.79 Å². The molecule has 0 spiro atoms. The van der Waals surface area contributed by atoms with Crippen LogP contribution in [-0.2, 0) is 9.59 Å². The second kappa shape index (κ2) is 7.04. The van der Waals surface area contributed by atoms with Crippen LogP contribution in [0.3, 0.4) is 0 Å². The van der Waals surface area contributed by atoms with Crippen molar-refractivity contribution in [2.75, 3.05) is 13.1 Å². The Bertz CT molecular complexity index is 248. The minimum absolute atomic E-state index is 0.236. The first-order valence-electron chi connectivity index (χ1n) is 5.21. The summed E-state index contributed by atoms with van der Waals surface area (Å²) >= 11 is 0. The molecule has 86 valence electrons. The number of hydrogen-bond donors (Lipinski definition) is 1. The number of rotatable bonds is 6. The molecule has 0 aliphatic carbocycles. The second-order valence-corrected chi connectivity index (χ2v) is 3.56. The van der Waals surface area contributed by atoms with E-state index in [9.17, 15) is 9.59 Å². The maximum atomic E-state index is 11.5. The third kappa shape index (κ3) is 5.88. The maximum absolute atomic E-state index is 11.5. The van der Waals surface area contributed by atoms with Crippen molar-refractivity contribution in [3.63, 3.8) is 0 Å². The van der Waals surface area contributed by atoms with Crippen LogP contribution < -0.4 is 0 Å². The summed E-state index contributed by atoms with van der Waals surface area (Å²) in [5.41, 5.74) is 0. The van der Waals surface area contributed by atoms with Crippen LogP contribution in [0.5, 0.6) is 0 Å². The van der Waals surface area contributed by atoms with Crippen LogP contribution in [0.25, 0.3) is 0 Å². The van der Waals surface area contributed by atoms with E-state index in [1.807, 2.05) is 6.92 Å². The van der Waals surface area contributed by atoms with E-state index in [2.05, 4.69) is 13.8 Å². The van der Waals surface area contributed by atoms with Crippen molar-refractivity contribution in [3.05, 3.63) is 12.2 Å². The third-order valence-electron chi connectivity index (χ3n) is 2.29. The SMILES string of the molecule is CCC(C)CN(CC)C(=O)C=CC(=O)O. The number of carboxylic acid groups (broad SMARTS) is 1. The number of aliphatic carboxylic acids is 1. The summed E-state index contributed by atoms with van der Waals surface area (Å²) in [5.74, 6) is -0.893. The Morgan fingerprint density at radius 3 is 2.33 bits per heavy atom. The lowest BCUT2D eigenvalue weighted by atomic mass is 10.1. The summed E-state index contributed by atoms with van der Waals surface area (Å²) in [6.07, 6.45) is 2.99. The molecule has 0 aromatic rings. The average molecular weight is 213 g/mol. The predicted octanol–water partition coefficient (Wildman–Crippen LogP) is 1.52. The molecule has 0 aromatic heterocycles. The number of carboxylic acids is 1. The van der Waals surface area contributed by atoms with Crippen molar-refractivity contribution >= 4 is 11.9 Å². The molecule has 1 atom stereocenters. The van der Waals surface area contributed by atoms with Crippen LogP contribution in [0.2, 0.25) is 0 Å². The number of hydrogen-bond acceptors (Lipinski definition) is 2. The zero-order valence-corrected chi connectivity index (χ0v) is 9.56. The van der Waals surface area contributed by atoms with Gasteiger partial charge in [-0.3, -0.25) is 4.79 Å². The molecule has 0 rings (SSSR count). The molecule has 0 saturated heterocycles. The Kier molecular flexibility index (Phi) is 6.42. The highest BCUT2D eigenvalue weighted by atomic mass is 16.4. The topological polar surface area (TPSA) is 57.6 Å². The largest absolute Gasteiger partial charge is 0.478 e. The van der Waals surface area contributed by atoms with Gasteiger partial charge in [-0.2, -0.15) is 0 Å². The minimum atomic E-state index is -1.09. The summed E-state index contributed by atoms with van der Waals surface area (Å²) in [7, 11) is 0. The fraction of sp³-hybridized carbons (Fsp3) is 0.636. The van der Waals surface area contributed by atoms with Crippen molar-refractivity contribution in [2.45, 2.75) is 27.2 Å². The van der Waals surface area contributed by atoms with Crippen molar-refractivity contribution < 1.29 is 14.7 Å². The van der Waals surface area contributed by atoms with Crippen molar-refractivity contribution in [1.82, 2.24) is 4.90 Å². The van der Waals surface area contributed by atoms with Gasteiger partial charge in [-0.15, -0.1) is 0 Å². The van der Waals surface area contributed by atoms with E-state index >= 15 is 0 Å². The van der Waals surface area contributed by atoms with Crippen LogP contribution >= 0.6 is 0 Å². The second-order valence-electron chi connectivity index (χ2n) is 3.56. The van der Waals surface area contributed by atoms with Gasteiger partial charge in [0.25, 0.3) is 0 Å². The maximum Gasteiger partial charge on any atom is 0.328 e. The van der Waals surface area contributed by atoms with Gasteiger partial charge in [0.15, 0.2) is 0 Å². The molecule has 0 aliphatic heterocycles. The number of carbonyl (C=O) groups excluding carboxylic acids is 1. The van der Waals surface area contributed by atoms with E-state index in [0.717, 1.165) is 18.6 Å². The molecule has 0 aliphatic rings. The molecule has 0 radical (unpaired) electrons. The molecule has 1 unspecified atom stereocenters. The zero-order chi connectivity index (χ0) is 11.8. The van der Waals surface area contributed by atoms with Crippen LogP contribution in [0.1, 0.15) is 27.2 Å². The van der Waals surface area contributed by atoms with Gasteiger partial charge in [0.2, 0.25) is 5.91 Å². The van der Waals surface area contributed by atoms with E-state index in [1.165, 1.54) is 0 Å². The summed E-state index contributed by atoms with van der Waals surface area (Å²) < 4.78 is 0. The average Bonchev–Trinajstić information content (AvgIpc) is 2.21. The fourth-order valence-corrected chi connectivity index (χ4v) is 1.13. The number of nitrogens with zero attached hydrogens (tertiary/aromatic N) is 1. The van der Waals surface area contributed by atoms with Gasteiger partial charge in [0, 0.05) is 25.2 Å². The number of carbonyl (C=O) groups is 2. The first kappa shape index (κ1) is 13.7. The third-order valence-corrected chi connectivity index (χ3v) is 2.29. The van der Waals surface area contributed by atoms with Gasteiger partial charge in [-0.1, -0.05) is 20.3 Å². The fourth-order valence-electron chi connectivity index (χ4n) is 1.13. The lowest BCUT2D eigenvalue weighted by Gasteiger charge is -2.22. The monoisotopic (exact) mass is 213 g/mol. The van der Waals surface area contributed by atoms with E-state index in [0.29, 0.717) is 19.0 Å². The molecular formula is C11H19NO3. The quantitative estimate of drug-likeness (QED) is 0.680. The molecule has 1 amide bonds. The molecule has 0 saturated carbocycles. The van der Waals surface area contributed by atoms with Crippen LogP contribution in [-0.4, -0.2) is 35.0 Å². The number of likely N-dealkylation sites (N-methyl/N-ethyl adjacent to an activating group) is 1. The van der Waals surface area contributed by atoms with Crippen LogP contribution in [0, 0.1) is 5.92 Å². The lowest BCUT2D eigenvalue weighted by molar-refractivity contribution is -0.132. The molecule has 1 N–H and O–H groups in total. The van der Waals surface area contributed by atoms with Gasteiger partial charge in [-0.05, 0) is 12.8 Å². The Labute approximate surface area is 90.6 Å². The zero-order valence-electron chi connectivity index (χ0n) is 9.56. The van der Waals surface area contributed by atoms with Crippen molar-refractivity contribution in [2.24, 2.45) is 5.92 Å². The van der Waals surface area contributed by atoms with Gasteiger partial charge in [0.05, 0.1) is 0 Å². The molecular weight excluding hydrogens is 194 g/mol. The lowest BCUT2D eigenvalue weighted by Crippen LogP contribution is -2.33. The highest BCUT2D eigenvalue weighted by molar-refractivity contribution is 5.93. The van der Waals surface area contributed by atoms with Crippen LogP contribution in [0.4, 0.5) is 0 Å². The molecule has 0 heterocycles. The van der Waals surface area contributed by atoms with Gasteiger partial charge in [0.1, 0.15) is 0 Å². The molecule has 4 nitrogen and oxygen atoms in total. The first-order valence-corrected chi connectivity index (χ1v) is 5.21. The highest BCUT2D eigenvalue weighted by Crippen LogP contribution is 2.04. The summed E-state index contributed by atoms with van der Waals surface area (Å²) in [6, 6.07) is 0. The van der Waals surface area contributed by atoms with Gasteiger partial charge < -0.3 is 10.0 Å². The Morgan fingerprint density at radius 2 is 1.93 bits per heavy atom. The van der Waals surface area contributed by atoms with Crippen molar-refractivity contribution in [1.29, 1.82) is 0 Å². The Balaban J connectivity index is 4.28. The summed E-state index contributed by atoms with van der Waals surface area (Å²) in [6.45, 7) is 7.30. The highest BCUT2D eigenvalue weighted by Gasteiger charge is 2.11. The minimum Gasteiger partial charge on any atom is -0.478 e. The standard InChI is InChI=1S/C11H19NO3/c1-4-9(3)8-12(5-2)10(13)6-7-11(14)15/h6-7,9H,4-5,8H2,1-3H3,(H,14,15). The Morgan fingerprint density at radius 1 is 1.33 bits per heavy atom.